The van der Waals surface area contributed by atoms with Crippen molar-refractivity contribution >= 4 is 11.9 Å². The van der Waals surface area contributed by atoms with Gasteiger partial charge in [0.2, 0.25) is 11.9 Å². The van der Waals surface area contributed by atoms with E-state index in [1.807, 2.05) is 57.2 Å². The average molecular weight is 381 g/mol. The minimum atomic E-state index is -0.712. The Kier molecular flexibility index (Phi) is 5.84. The van der Waals surface area contributed by atoms with E-state index < -0.39 is 5.66 Å². The van der Waals surface area contributed by atoms with Crippen LogP contribution in [0.4, 0.5) is 0 Å². The van der Waals surface area contributed by atoms with Gasteiger partial charge in [-0.05, 0) is 25.5 Å². The number of hydroxylamine groups is 2. The van der Waals surface area contributed by atoms with Crippen LogP contribution in [0.5, 0.6) is 5.75 Å². The van der Waals surface area contributed by atoms with Crippen LogP contribution >= 0.6 is 0 Å². The predicted octanol–water partition coefficient (Wildman–Crippen LogP) is 2.98. The molecule has 2 aromatic carbocycles. The lowest BCUT2D eigenvalue weighted by Gasteiger charge is -2.37. The molecule has 7 heteroatoms. The van der Waals surface area contributed by atoms with Gasteiger partial charge in [-0.1, -0.05) is 55.5 Å². The Morgan fingerprint density at radius 3 is 2.39 bits per heavy atom. The largest absolute Gasteiger partial charge is 0.493 e. The first kappa shape index (κ1) is 19.7. The second kappa shape index (κ2) is 8.31. The fourth-order valence-corrected chi connectivity index (χ4v) is 2.95. The highest BCUT2D eigenvalue weighted by molar-refractivity contribution is 5.95. The number of ether oxygens (including phenoxy) is 1. The maximum atomic E-state index is 6.08. The summed E-state index contributed by atoms with van der Waals surface area (Å²) < 4.78 is 6.08. The number of para-hydroxylation sites is 1. The molecule has 0 saturated heterocycles. The fourth-order valence-electron chi connectivity index (χ4n) is 2.95. The van der Waals surface area contributed by atoms with E-state index in [4.69, 9.17) is 21.0 Å². The van der Waals surface area contributed by atoms with Crippen LogP contribution in [0, 0.1) is 5.92 Å². The predicted molar refractivity (Wildman–Crippen MR) is 112 cm³/mol. The molecule has 0 spiro atoms. The van der Waals surface area contributed by atoms with Crippen LogP contribution in [0.3, 0.4) is 0 Å². The number of aliphatic imine (C=N–C) groups is 2. The molecule has 7 nitrogen and oxygen atoms in total. The van der Waals surface area contributed by atoms with Gasteiger partial charge in [-0.2, -0.15) is 10.1 Å². The molecule has 0 radical (unpaired) electrons. The van der Waals surface area contributed by atoms with Gasteiger partial charge in [0.1, 0.15) is 5.75 Å². The number of guanidine groups is 2. The first-order valence-corrected chi connectivity index (χ1v) is 9.26. The van der Waals surface area contributed by atoms with Crippen molar-refractivity contribution < 1.29 is 9.57 Å². The van der Waals surface area contributed by atoms with Crippen molar-refractivity contribution in [2.75, 3.05) is 13.2 Å². The quantitative estimate of drug-likeness (QED) is 0.768. The summed E-state index contributed by atoms with van der Waals surface area (Å²) in [5, 5.41) is 1.48. The van der Waals surface area contributed by atoms with Crippen LogP contribution in [0.2, 0.25) is 0 Å². The van der Waals surface area contributed by atoms with E-state index in [0.29, 0.717) is 13.2 Å². The fraction of sp³-hybridized carbons (Fsp3) is 0.333. The van der Waals surface area contributed by atoms with Crippen molar-refractivity contribution in [2.24, 2.45) is 27.4 Å². The summed E-state index contributed by atoms with van der Waals surface area (Å²) in [5.74, 6) is 1.31. The first-order chi connectivity index (χ1) is 13.4. The molecule has 1 aliphatic rings. The summed E-state index contributed by atoms with van der Waals surface area (Å²) in [6, 6.07) is 18.2. The first-order valence-electron chi connectivity index (χ1n) is 9.26. The zero-order chi connectivity index (χ0) is 20.1. The van der Waals surface area contributed by atoms with Crippen LogP contribution in [-0.4, -0.2) is 35.9 Å². The average Bonchev–Trinajstić information content (AvgIpc) is 2.66. The van der Waals surface area contributed by atoms with Gasteiger partial charge in [-0.25, -0.2) is 4.99 Å². The van der Waals surface area contributed by atoms with E-state index in [1.165, 1.54) is 5.06 Å². The van der Waals surface area contributed by atoms with Crippen molar-refractivity contribution in [3.05, 3.63) is 54.6 Å². The molecule has 28 heavy (non-hydrogen) atoms. The lowest BCUT2D eigenvalue weighted by Crippen LogP contribution is -2.54. The molecular weight excluding hydrogens is 354 g/mol. The van der Waals surface area contributed by atoms with Crippen molar-refractivity contribution in [3.63, 3.8) is 0 Å². The lowest BCUT2D eigenvalue weighted by molar-refractivity contribution is -0.167. The normalized spacial score (nSPS) is 16.9. The lowest BCUT2D eigenvalue weighted by atomic mass is 10.0. The summed E-state index contributed by atoms with van der Waals surface area (Å²) in [6.45, 7) is 6.67. The Morgan fingerprint density at radius 1 is 1.00 bits per heavy atom. The smallest absolute Gasteiger partial charge is 0.226 e. The van der Waals surface area contributed by atoms with Crippen molar-refractivity contribution in [3.8, 4) is 16.9 Å². The summed E-state index contributed by atoms with van der Waals surface area (Å²) in [4.78, 5) is 14.1. The van der Waals surface area contributed by atoms with Gasteiger partial charge in [-0.3, -0.25) is 4.84 Å². The molecule has 1 aliphatic heterocycles. The Labute approximate surface area is 165 Å². The van der Waals surface area contributed by atoms with E-state index in [1.54, 1.807) is 0 Å². The van der Waals surface area contributed by atoms with Crippen molar-refractivity contribution in [2.45, 2.75) is 26.4 Å². The Bertz CT molecular complexity index is 864. The molecule has 4 N–H and O–H groups in total. The molecule has 1 atom stereocenters. The van der Waals surface area contributed by atoms with E-state index in [9.17, 15) is 0 Å². The standard InChI is InChI=1S/C21H27N5O2/c1-15(14-28-26-20(23)24-19(22)25-21(26,2)3)13-27-18-12-8-7-11-17(18)16-9-5-4-6-10-16/h4-12,15H,13-14H2,1-3H3,(H4,22,23,24,25)/t15-/m0/s1. The SMILES string of the molecule is C[C@@H](COc1ccccc1-c1ccccc1)CON1C(N)=NC(N)=NC1(C)C. The Hall–Kier alpha value is -3.06. The van der Waals surface area contributed by atoms with Crippen LogP contribution in [0.1, 0.15) is 20.8 Å². The highest BCUT2D eigenvalue weighted by atomic mass is 16.7. The minimum Gasteiger partial charge on any atom is -0.493 e. The molecular formula is C21H27N5O2. The molecule has 1 heterocycles. The van der Waals surface area contributed by atoms with Crippen LogP contribution < -0.4 is 16.2 Å². The summed E-state index contributed by atoms with van der Waals surface area (Å²) in [5.41, 5.74) is 13.1. The monoisotopic (exact) mass is 381 g/mol. The summed E-state index contributed by atoms with van der Waals surface area (Å²) in [7, 11) is 0. The van der Waals surface area contributed by atoms with Gasteiger partial charge >= 0.3 is 0 Å². The number of nitrogens with zero attached hydrogens (tertiary/aromatic N) is 3. The maximum Gasteiger partial charge on any atom is 0.226 e. The van der Waals surface area contributed by atoms with Crippen molar-refractivity contribution in [1.29, 1.82) is 0 Å². The molecule has 0 amide bonds. The molecule has 0 bridgehead atoms. The zero-order valence-electron chi connectivity index (χ0n) is 16.5. The highest BCUT2D eigenvalue weighted by Crippen LogP contribution is 2.30. The molecule has 0 aliphatic carbocycles. The van der Waals surface area contributed by atoms with Crippen LogP contribution in [0.25, 0.3) is 11.1 Å². The van der Waals surface area contributed by atoms with Gasteiger partial charge < -0.3 is 16.2 Å². The van der Waals surface area contributed by atoms with E-state index in [2.05, 4.69) is 28.2 Å². The molecule has 0 saturated carbocycles. The number of hydrogen-bond donors (Lipinski definition) is 2. The van der Waals surface area contributed by atoms with E-state index >= 15 is 0 Å². The molecule has 0 fully saturated rings. The van der Waals surface area contributed by atoms with Gasteiger partial charge in [0.25, 0.3) is 0 Å². The topological polar surface area (TPSA) is 98.5 Å². The van der Waals surface area contributed by atoms with Gasteiger partial charge in [0, 0.05) is 11.5 Å². The molecule has 0 aromatic heterocycles. The Balaban J connectivity index is 1.59. The van der Waals surface area contributed by atoms with Crippen LogP contribution in [0.15, 0.2) is 64.6 Å². The number of rotatable bonds is 7. The van der Waals surface area contributed by atoms with Gasteiger partial charge in [0.15, 0.2) is 5.66 Å². The van der Waals surface area contributed by atoms with Crippen molar-refractivity contribution in [1.82, 2.24) is 5.06 Å². The third-order valence-corrected chi connectivity index (χ3v) is 4.31. The molecule has 148 valence electrons. The number of nitrogens with two attached hydrogens (primary N) is 2. The number of benzene rings is 2. The van der Waals surface area contributed by atoms with E-state index in [-0.39, 0.29) is 17.8 Å². The third kappa shape index (κ3) is 4.61. The molecule has 0 unspecified atom stereocenters. The molecule has 3 rings (SSSR count). The van der Waals surface area contributed by atoms with Crippen LogP contribution in [-0.2, 0) is 4.84 Å². The van der Waals surface area contributed by atoms with E-state index in [0.717, 1.165) is 16.9 Å². The Morgan fingerprint density at radius 2 is 1.68 bits per heavy atom. The second-order valence-electron chi connectivity index (χ2n) is 7.30. The second-order valence-corrected chi connectivity index (χ2v) is 7.30. The number of hydrogen-bond acceptors (Lipinski definition) is 7. The summed E-state index contributed by atoms with van der Waals surface area (Å²) in [6.07, 6.45) is 0. The highest BCUT2D eigenvalue weighted by Gasteiger charge is 2.33. The molecule has 2 aromatic rings. The zero-order valence-corrected chi connectivity index (χ0v) is 16.5. The van der Waals surface area contributed by atoms with Gasteiger partial charge in [-0.15, -0.1) is 0 Å². The minimum absolute atomic E-state index is 0.121. The van der Waals surface area contributed by atoms with Gasteiger partial charge in [0.05, 0.1) is 13.2 Å². The maximum absolute atomic E-state index is 6.08. The summed E-state index contributed by atoms with van der Waals surface area (Å²) >= 11 is 0. The third-order valence-electron chi connectivity index (χ3n) is 4.31.